The number of fused-ring (bicyclic) bond motifs is 4. The van der Waals surface area contributed by atoms with Crippen LogP contribution in [0.4, 0.5) is 0 Å². The molecule has 0 aliphatic heterocycles. The van der Waals surface area contributed by atoms with Crippen LogP contribution in [0, 0.1) is 22.7 Å². The summed E-state index contributed by atoms with van der Waals surface area (Å²) in [5.41, 5.74) is 0.231. The van der Waals surface area contributed by atoms with E-state index in [0.717, 1.165) is 37.9 Å². The standard InChI is InChI=1S/C27H34O4/c1-17-19-10-14-27(29)25(2,3)23(31-24(28)18-8-6-5-7-9-18)11-13-26(27,4)21(19)16-22-20(17)12-15-30-22/h5-9,12,15,17,19,21,23,29H,10-11,13-14,16H2,1-4H3/t17-,19+,21+,23+,26-,27-/m1/s1. The van der Waals surface area contributed by atoms with Gasteiger partial charge < -0.3 is 14.3 Å². The first-order chi connectivity index (χ1) is 14.7. The molecule has 31 heavy (non-hydrogen) atoms. The molecule has 3 aliphatic rings. The van der Waals surface area contributed by atoms with Crippen LogP contribution in [0.3, 0.4) is 0 Å². The maximum Gasteiger partial charge on any atom is 0.338 e. The van der Waals surface area contributed by atoms with Crippen molar-refractivity contribution in [3.63, 3.8) is 0 Å². The van der Waals surface area contributed by atoms with E-state index in [2.05, 4.69) is 33.8 Å². The van der Waals surface area contributed by atoms with Crippen LogP contribution in [0.5, 0.6) is 0 Å². The van der Waals surface area contributed by atoms with E-state index < -0.39 is 11.0 Å². The highest BCUT2D eigenvalue weighted by molar-refractivity contribution is 5.89. The summed E-state index contributed by atoms with van der Waals surface area (Å²) in [5.74, 6) is 2.16. The lowest BCUT2D eigenvalue weighted by molar-refractivity contribution is -0.267. The van der Waals surface area contributed by atoms with Gasteiger partial charge in [-0.25, -0.2) is 4.79 Å². The number of ether oxygens (including phenoxy) is 1. The number of hydrogen-bond donors (Lipinski definition) is 1. The van der Waals surface area contributed by atoms with Crippen molar-refractivity contribution < 1.29 is 19.1 Å². The van der Waals surface area contributed by atoms with Crippen LogP contribution in [-0.4, -0.2) is 22.8 Å². The van der Waals surface area contributed by atoms with Gasteiger partial charge >= 0.3 is 5.97 Å². The summed E-state index contributed by atoms with van der Waals surface area (Å²) in [6, 6.07) is 11.3. The van der Waals surface area contributed by atoms with Gasteiger partial charge in [0.1, 0.15) is 11.9 Å². The monoisotopic (exact) mass is 422 g/mol. The Morgan fingerprint density at radius 2 is 1.84 bits per heavy atom. The predicted molar refractivity (Wildman–Crippen MR) is 119 cm³/mol. The van der Waals surface area contributed by atoms with Crippen molar-refractivity contribution in [2.45, 2.75) is 77.4 Å². The zero-order chi connectivity index (χ0) is 22.0. The third-order valence-electron chi connectivity index (χ3n) is 9.49. The fourth-order valence-corrected chi connectivity index (χ4v) is 7.46. The smallest absolute Gasteiger partial charge is 0.338 e. The Morgan fingerprint density at radius 3 is 2.58 bits per heavy atom. The topological polar surface area (TPSA) is 59.7 Å². The molecule has 0 amide bonds. The molecular formula is C27H34O4. The van der Waals surface area contributed by atoms with Crippen LogP contribution in [0.1, 0.15) is 81.0 Å². The van der Waals surface area contributed by atoms with Gasteiger partial charge in [-0.05, 0) is 67.2 Å². The molecule has 1 heterocycles. The van der Waals surface area contributed by atoms with E-state index in [-0.39, 0.29) is 17.5 Å². The number of rotatable bonds is 2. The van der Waals surface area contributed by atoms with E-state index in [4.69, 9.17) is 9.15 Å². The first-order valence-electron chi connectivity index (χ1n) is 11.7. The predicted octanol–water partition coefficient (Wildman–Crippen LogP) is 5.75. The fourth-order valence-electron chi connectivity index (χ4n) is 7.46. The van der Waals surface area contributed by atoms with E-state index >= 15 is 0 Å². The van der Waals surface area contributed by atoms with Gasteiger partial charge in [0.2, 0.25) is 0 Å². The van der Waals surface area contributed by atoms with E-state index in [0.29, 0.717) is 23.3 Å². The van der Waals surface area contributed by atoms with Crippen molar-refractivity contribution in [3.05, 3.63) is 59.5 Å². The zero-order valence-corrected chi connectivity index (χ0v) is 19.1. The minimum Gasteiger partial charge on any atom is -0.469 e. The number of furan rings is 1. The molecular weight excluding hydrogens is 388 g/mol. The molecule has 1 N–H and O–H groups in total. The van der Waals surface area contributed by atoms with Crippen molar-refractivity contribution in [2.24, 2.45) is 22.7 Å². The Bertz CT molecular complexity index is 976. The van der Waals surface area contributed by atoms with E-state index in [9.17, 15) is 9.90 Å². The fraction of sp³-hybridized carbons (Fsp3) is 0.593. The summed E-state index contributed by atoms with van der Waals surface area (Å²) in [6.45, 7) is 8.79. The van der Waals surface area contributed by atoms with E-state index in [1.807, 2.05) is 24.5 Å². The maximum absolute atomic E-state index is 12.8. The number of hydrogen-bond acceptors (Lipinski definition) is 4. The zero-order valence-electron chi connectivity index (χ0n) is 19.1. The van der Waals surface area contributed by atoms with E-state index in [1.54, 1.807) is 12.1 Å². The van der Waals surface area contributed by atoms with Crippen molar-refractivity contribution in [3.8, 4) is 0 Å². The number of benzene rings is 1. The van der Waals surface area contributed by atoms with Crippen LogP contribution in [-0.2, 0) is 11.2 Å². The molecule has 166 valence electrons. The second kappa shape index (κ2) is 6.96. The summed E-state index contributed by atoms with van der Waals surface area (Å²) in [5, 5.41) is 12.3. The Kier molecular flexibility index (Phi) is 4.68. The van der Waals surface area contributed by atoms with Gasteiger partial charge in [0.25, 0.3) is 0 Å². The van der Waals surface area contributed by atoms with Gasteiger partial charge in [-0.1, -0.05) is 45.9 Å². The van der Waals surface area contributed by atoms with Crippen molar-refractivity contribution in [1.29, 1.82) is 0 Å². The van der Waals surface area contributed by atoms with Crippen molar-refractivity contribution in [1.82, 2.24) is 0 Å². The van der Waals surface area contributed by atoms with Gasteiger partial charge in [0.15, 0.2) is 0 Å². The molecule has 1 aromatic heterocycles. The lowest BCUT2D eigenvalue weighted by atomic mass is 9.41. The molecule has 2 aromatic rings. The second-order valence-electron chi connectivity index (χ2n) is 10.9. The summed E-state index contributed by atoms with van der Waals surface area (Å²) >= 11 is 0. The first kappa shape index (κ1) is 20.8. The Balaban J connectivity index is 1.45. The van der Waals surface area contributed by atoms with Crippen LogP contribution in [0.25, 0.3) is 0 Å². The van der Waals surface area contributed by atoms with Gasteiger partial charge in [-0.2, -0.15) is 0 Å². The minimum atomic E-state index is -0.898. The summed E-state index contributed by atoms with van der Waals surface area (Å²) in [4.78, 5) is 12.8. The summed E-state index contributed by atoms with van der Waals surface area (Å²) < 4.78 is 11.9. The van der Waals surface area contributed by atoms with Crippen LogP contribution in [0.2, 0.25) is 0 Å². The lowest BCUT2D eigenvalue weighted by Crippen LogP contribution is -2.70. The minimum absolute atomic E-state index is 0.242. The third kappa shape index (κ3) is 2.80. The van der Waals surface area contributed by atoms with E-state index in [1.165, 1.54) is 5.56 Å². The summed E-state index contributed by atoms with van der Waals surface area (Å²) in [7, 11) is 0. The average Bonchev–Trinajstić information content (AvgIpc) is 3.23. The molecule has 0 spiro atoms. The van der Waals surface area contributed by atoms with Crippen LogP contribution in [0.15, 0.2) is 47.1 Å². The van der Waals surface area contributed by atoms with Crippen LogP contribution < -0.4 is 0 Å². The molecule has 2 saturated carbocycles. The molecule has 6 atom stereocenters. The number of carbonyl (C=O) groups excluding carboxylic acids is 1. The normalized spacial score (nSPS) is 38.5. The maximum atomic E-state index is 12.8. The number of aliphatic hydroxyl groups is 1. The quantitative estimate of drug-likeness (QED) is 0.626. The molecule has 1 aromatic carbocycles. The lowest BCUT2D eigenvalue weighted by Gasteiger charge is -2.67. The molecule has 0 saturated heterocycles. The van der Waals surface area contributed by atoms with Gasteiger partial charge in [0.05, 0.1) is 17.4 Å². The van der Waals surface area contributed by atoms with Gasteiger partial charge in [0, 0.05) is 17.3 Å². The largest absolute Gasteiger partial charge is 0.469 e. The SMILES string of the molecule is C[C@H]1c2ccoc2C[C@H]2[C@H]1CC[C@@]1(O)C(C)(C)[C@@H](OC(=O)c3ccccc3)CC[C@]21C. The highest BCUT2D eigenvalue weighted by Crippen LogP contribution is 2.67. The molecule has 4 heteroatoms. The number of carbonyl (C=O) groups is 1. The van der Waals surface area contributed by atoms with Gasteiger partial charge in [-0.15, -0.1) is 0 Å². The number of esters is 1. The first-order valence-corrected chi connectivity index (χ1v) is 11.7. The Hall–Kier alpha value is -2.07. The molecule has 4 nitrogen and oxygen atoms in total. The molecule has 3 aliphatic carbocycles. The van der Waals surface area contributed by atoms with Crippen molar-refractivity contribution in [2.75, 3.05) is 0 Å². The van der Waals surface area contributed by atoms with Crippen LogP contribution >= 0.6 is 0 Å². The molecule has 0 unspecified atom stereocenters. The Morgan fingerprint density at radius 1 is 1.10 bits per heavy atom. The second-order valence-corrected chi connectivity index (χ2v) is 10.9. The Labute approximate surface area is 185 Å². The van der Waals surface area contributed by atoms with Crippen molar-refractivity contribution >= 4 is 5.97 Å². The van der Waals surface area contributed by atoms with Gasteiger partial charge in [-0.3, -0.25) is 0 Å². The summed E-state index contributed by atoms with van der Waals surface area (Å²) in [6.07, 6.45) is 5.75. The average molecular weight is 423 g/mol. The molecule has 0 radical (unpaired) electrons. The molecule has 2 fully saturated rings. The molecule has 0 bridgehead atoms. The highest BCUT2D eigenvalue weighted by atomic mass is 16.5. The molecule has 5 rings (SSSR count). The third-order valence-corrected chi connectivity index (χ3v) is 9.49. The highest BCUT2D eigenvalue weighted by Gasteiger charge is 2.68.